The van der Waals surface area contributed by atoms with Crippen molar-refractivity contribution in [1.29, 1.82) is 0 Å². The Kier molecular flexibility index (Phi) is 3.85. The highest BCUT2D eigenvalue weighted by Crippen LogP contribution is 2.50. The lowest BCUT2D eigenvalue weighted by Crippen LogP contribution is -2.59. The van der Waals surface area contributed by atoms with E-state index in [0.717, 1.165) is 5.56 Å². The molecule has 1 aliphatic carbocycles. The van der Waals surface area contributed by atoms with Crippen molar-refractivity contribution in [2.45, 2.75) is 43.4 Å². The summed E-state index contributed by atoms with van der Waals surface area (Å²) in [6.07, 6.45) is -1.46. The maximum atomic E-state index is 13.0. The second kappa shape index (κ2) is 5.53. The summed E-state index contributed by atoms with van der Waals surface area (Å²) in [5.74, 6) is -1.90. The van der Waals surface area contributed by atoms with E-state index >= 15 is 0 Å². The van der Waals surface area contributed by atoms with Gasteiger partial charge in [-0.3, -0.25) is 9.59 Å². The monoisotopic (exact) mass is 348 g/mol. The standard InChI is InChI=1S/C17H20N2O6/c1-10-5-3-6-11(9-10)18(2)13(20)12-16(24)7-4-8-17(16,25)14(21)19(12)15(22)23/h3,5-6,9,12,24-25H,4,7-8H2,1-2H3,(H,22,23). The maximum absolute atomic E-state index is 13.0. The van der Waals surface area contributed by atoms with Gasteiger partial charge in [-0.05, 0) is 43.9 Å². The molecule has 0 spiro atoms. The summed E-state index contributed by atoms with van der Waals surface area (Å²) in [6.45, 7) is 1.84. The first-order valence-corrected chi connectivity index (χ1v) is 7.99. The van der Waals surface area contributed by atoms with E-state index in [1.807, 2.05) is 13.0 Å². The number of amides is 3. The number of imide groups is 1. The Bertz CT molecular complexity index is 765. The number of nitrogens with zero attached hydrogens (tertiary/aromatic N) is 2. The number of benzene rings is 1. The number of hydrogen-bond acceptors (Lipinski definition) is 5. The van der Waals surface area contributed by atoms with Gasteiger partial charge in [0.1, 0.15) is 5.60 Å². The Morgan fingerprint density at radius 2 is 1.96 bits per heavy atom. The largest absolute Gasteiger partial charge is 0.465 e. The lowest BCUT2D eigenvalue weighted by atomic mass is 9.83. The molecule has 2 fully saturated rings. The van der Waals surface area contributed by atoms with Crippen LogP contribution in [0.3, 0.4) is 0 Å². The molecule has 8 nitrogen and oxygen atoms in total. The fraction of sp³-hybridized carbons (Fsp3) is 0.471. The van der Waals surface area contributed by atoms with Crippen LogP contribution in [0.1, 0.15) is 24.8 Å². The predicted molar refractivity (Wildman–Crippen MR) is 87.0 cm³/mol. The second-order valence-corrected chi connectivity index (χ2v) is 6.73. The lowest BCUT2D eigenvalue weighted by Gasteiger charge is -2.34. The molecule has 8 heteroatoms. The number of rotatable bonds is 2. The minimum atomic E-state index is -2.25. The van der Waals surface area contributed by atoms with E-state index in [9.17, 15) is 29.7 Å². The number of fused-ring (bicyclic) bond motifs is 1. The fourth-order valence-electron chi connectivity index (χ4n) is 3.88. The van der Waals surface area contributed by atoms with Crippen LogP contribution >= 0.6 is 0 Å². The van der Waals surface area contributed by atoms with Crippen molar-refractivity contribution in [3.05, 3.63) is 29.8 Å². The molecule has 1 saturated carbocycles. The number of likely N-dealkylation sites (tertiary alicyclic amines) is 1. The van der Waals surface area contributed by atoms with Gasteiger partial charge in [0.05, 0.1) is 0 Å². The quantitative estimate of drug-likeness (QED) is 0.716. The van der Waals surface area contributed by atoms with E-state index in [4.69, 9.17) is 0 Å². The molecule has 1 heterocycles. The summed E-state index contributed by atoms with van der Waals surface area (Å²) < 4.78 is 0. The van der Waals surface area contributed by atoms with Gasteiger partial charge in [0.15, 0.2) is 11.6 Å². The third-order valence-corrected chi connectivity index (χ3v) is 5.26. The molecule has 3 amide bonds. The molecule has 0 aromatic heterocycles. The molecule has 2 aliphatic rings. The van der Waals surface area contributed by atoms with Crippen LogP contribution in [-0.2, 0) is 9.59 Å². The number of likely N-dealkylation sites (N-methyl/N-ethyl adjacent to an activating group) is 1. The van der Waals surface area contributed by atoms with Crippen molar-refractivity contribution in [3.63, 3.8) is 0 Å². The van der Waals surface area contributed by atoms with Gasteiger partial charge >= 0.3 is 6.09 Å². The highest BCUT2D eigenvalue weighted by molar-refractivity contribution is 6.10. The Morgan fingerprint density at radius 3 is 2.56 bits per heavy atom. The van der Waals surface area contributed by atoms with Crippen molar-refractivity contribution >= 4 is 23.6 Å². The maximum Gasteiger partial charge on any atom is 0.415 e. The number of aliphatic hydroxyl groups is 2. The summed E-state index contributed by atoms with van der Waals surface area (Å²) in [5.41, 5.74) is -2.98. The van der Waals surface area contributed by atoms with Gasteiger partial charge in [-0.25, -0.2) is 9.69 Å². The second-order valence-electron chi connectivity index (χ2n) is 6.73. The van der Waals surface area contributed by atoms with E-state index in [1.165, 1.54) is 11.9 Å². The van der Waals surface area contributed by atoms with Crippen LogP contribution in [0.2, 0.25) is 0 Å². The Morgan fingerprint density at radius 1 is 1.28 bits per heavy atom. The van der Waals surface area contributed by atoms with Crippen molar-refractivity contribution in [2.24, 2.45) is 0 Å². The van der Waals surface area contributed by atoms with E-state index < -0.39 is 35.2 Å². The van der Waals surface area contributed by atoms with Gasteiger partial charge in [-0.2, -0.15) is 0 Å². The molecule has 3 atom stereocenters. The molecule has 1 aromatic carbocycles. The SMILES string of the molecule is Cc1cccc(N(C)C(=O)C2N(C(=O)O)C(=O)C3(O)CCCC23O)c1. The Labute approximate surface area is 144 Å². The predicted octanol–water partition coefficient (Wildman–Crippen LogP) is 0.493. The van der Waals surface area contributed by atoms with Crippen molar-refractivity contribution in [1.82, 2.24) is 4.90 Å². The number of anilines is 1. The summed E-state index contributed by atoms with van der Waals surface area (Å²) in [7, 11) is 1.44. The minimum absolute atomic E-state index is 0.0307. The molecule has 3 rings (SSSR count). The number of carboxylic acid groups (broad SMARTS) is 1. The van der Waals surface area contributed by atoms with Gasteiger partial charge in [0.2, 0.25) is 0 Å². The van der Waals surface area contributed by atoms with Crippen LogP contribution in [0.15, 0.2) is 24.3 Å². The molecular weight excluding hydrogens is 328 g/mol. The molecule has 1 aliphatic heterocycles. The molecule has 3 unspecified atom stereocenters. The first-order valence-electron chi connectivity index (χ1n) is 7.99. The van der Waals surface area contributed by atoms with Crippen molar-refractivity contribution in [3.8, 4) is 0 Å². The van der Waals surface area contributed by atoms with Gasteiger partial charge in [-0.1, -0.05) is 12.1 Å². The number of aryl methyl sites for hydroxylation is 1. The molecule has 1 aromatic rings. The molecule has 0 bridgehead atoms. The average Bonchev–Trinajstić information content (AvgIpc) is 2.94. The number of carbonyl (C=O) groups is 3. The third-order valence-electron chi connectivity index (χ3n) is 5.26. The number of carbonyl (C=O) groups excluding carboxylic acids is 2. The fourth-order valence-corrected chi connectivity index (χ4v) is 3.88. The van der Waals surface area contributed by atoms with Gasteiger partial charge in [0, 0.05) is 12.7 Å². The summed E-state index contributed by atoms with van der Waals surface area (Å²) >= 11 is 0. The Hall–Kier alpha value is -2.45. The van der Waals surface area contributed by atoms with Crippen LogP contribution in [0, 0.1) is 6.92 Å². The first-order chi connectivity index (χ1) is 11.6. The number of hydrogen-bond donors (Lipinski definition) is 3. The normalized spacial score (nSPS) is 31.1. The molecule has 134 valence electrons. The lowest BCUT2D eigenvalue weighted by molar-refractivity contribution is -0.155. The minimum Gasteiger partial charge on any atom is -0.465 e. The summed E-state index contributed by atoms with van der Waals surface area (Å²) in [6, 6.07) is 5.29. The van der Waals surface area contributed by atoms with Crippen molar-refractivity contribution < 1.29 is 29.7 Å². The van der Waals surface area contributed by atoms with E-state index in [-0.39, 0.29) is 17.7 Å². The average molecular weight is 348 g/mol. The van der Waals surface area contributed by atoms with E-state index in [0.29, 0.717) is 12.1 Å². The molecule has 3 N–H and O–H groups in total. The van der Waals surface area contributed by atoms with Crippen LogP contribution in [0.4, 0.5) is 10.5 Å². The summed E-state index contributed by atoms with van der Waals surface area (Å²) in [5, 5.41) is 31.0. The zero-order chi connectivity index (χ0) is 18.6. The zero-order valence-corrected chi connectivity index (χ0v) is 14.0. The topological polar surface area (TPSA) is 118 Å². The van der Waals surface area contributed by atoms with Crippen molar-refractivity contribution in [2.75, 3.05) is 11.9 Å². The first kappa shape index (κ1) is 17.4. The Balaban J connectivity index is 2.05. The van der Waals surface area contributed by atoms with Gasteiger partial charge in [0.25, 0.3) is 11.8 Å². The third kappa shape index (κ3) is 2.25. The van der Waals surface area contributed by atoms with E-state index in [2.05, 4.69) is 0 Å². The molecule has 0 radical (unpaired) electrons. The van der Waals surface area contributed by atoms with Crippen LogP contribution < -0.4 is 4.90 Å². The molecule has 25 heavy (non-hydrogen) atoms. The summed E-state index contributed by atoms with van der Waals surface area (Å²) in [4.78, 5) is 38.5. The van der Waals surface area contributed by atoms with E-state index in [1.54, 1.807) is 18.2 Å². The van der Waals surface area contributed by atoms with Crippen LogP contribution in [0.25, 0.3) is 0 Å². The zero-order valence-electron chi connectivity index (χ0n) is 14.0. The van der Waals surface area contributed by atoms with Gasteiger partial charge in [-0.15, -0.1) is 0 Å². The van der Waals surface area contributed by atoms with Gasteiger partial charge < -0.3 is 20.2 Å². The van der Waals surface area contributed by atoms with Crippen LogP contribution in [-0.4, -0.2) is 62.4 Å². The molecule has 1 saturated heterocycles. The highest BCUT2D eigenvalue weighted by atomic mass is 16.4. The molecular formula is C17H20N2O6. The smallest absolute Gasteiger partial charge is 0.415 e. The van der Waals surface area contributed by atoms with Crippen LogP contribution in [0.5, 0.6) is 0 Å². The highest BCUT2D eigenvalue weighted by Gasteiger charge is 2.74.